The molecular weight excluding hydrogens is 512 g/mol. The molecule has 3 aliphatic heterocycles. The van der Waals surface area contributed by atoms with Crippen LogP contribution in [0.2, 0.25) is 0 Å². The zero-order valence-electron chi connectivity index (χ0n) is 24.8. The van der Waals surface area contributed by atoms with E-state index in [0.29, 0.717) is 13.1 Å². The summed E-state index contributed by atoms with van der Waals surface area (Å²) in [4.78, 5) is 56.0. The van der Waals surface area contributed by atoms with Crippen LogP contribution in [-0.2, 0) is 48.1 Å². The molecule has 1 aromatic carbocycles. The van der Waals surface area contributed by atoms with Crippen LogP contribution in [0.1, 0.15) is 83.4 Å². The molecule has 1 aromatic rings. The van der Waals surface area contributed by atoms with Crippen LogP contribution in [-0.4, -0.2) is 66.1 Å². The van der Waals surface area contributed by atoms with E-state index >= 15 is 0 Å². The first-order valence-electron chi connectivity index (χ1n) is 14.4. The Morgan fingerprint density at radius 3 is 2.50 bits per heavy atom. The molecule has 9 nitrogen and oxygen atoms in total. The number of hydrogen-bond acceptors (Lipinski definition) is 7. The Morgan fingerprint density at radius 2 is 1.80 bits per heavy atom. The van der Waals surface area contributed by atoms with Crippen LogP contribution < -0.4 is 0 Å². The number of esters is 2. The second-order valence-electron chi connectivity index (χ2n) is 13.3. The van der Waals surface area contributed by atoms with E-state index in [1.807, 2.05) is 26.8 Å². The molecule has 9 heteroatoms. The lowest BCUT2D eigenvalue weighted by molar-refractivity contribution is -0.157. The van der Waals surface area contributed by atoms with Gasteiger partial charge < -0.3 is 19.1 Å². The minimum atomic E-state index is -0.897. The molecule has 2 amide bonds. The van der Waals surface area contributed by atoms with Gasteiger partial charge in [0.2, 0.25) is 5.91 Å². The smallest absolute Gasteiger partial charge is 0.410 e. The summed E-state index contributed by atoms with van der Waals surface area (Å²) in [6.07, 6.45) is 2.70. The second-order valence-corrected chi connectivity index (χ2v) is 13.3. The summed E-state index contributed by atoms with van der Waals surface area (Å²) < 4.78 is 16.6. The van der Waals surface area contributed by atoms with Gasteiger partial charge in [-0.2, -0.15) is 0 Å². The van der Waals surface area contributed by atoms with Gasteiger partial charge in [0.1, 0.15) is 12.1 Å². The third-order valence-electron chi connectivity index (χ3n) is 8.51. The maximum Gasteiger partial charge on any atom is 0.410 e. The Balaban J connectivity index is 1.62. The number of aryl methyl sites for hydroxylation is 1. The van der Waals surface area contributed by atoms with E-state index < -0.39 is 41.5 Å². The largest absolute Gasteiger partial charge is 0.467 e. The Morgan fingerprint density at radius 1 is 1.07 bits per heavy atom. The van der Waals surface area contributed by atoms with Crippen molar-refractivity contribution < 1.29 is 33.4 Å². The number of fused-ring (bicyclic) bond motifs is 3. The minimum Gasteiger partial charge on any atom is -0.467 e. The van der Waals surface area contributed by atoms with Crippen LogP contribution in [0.5, 0.6) is 0 Å². The molecule has 0 saturated carbocycles. The molecule has 40 heavy (non-hydrogen) atoms. The third-order valence-corrected chi connectivity index (χ3v) is 8.51. The van der Waals surface area contributed by atoms with Gasteiger partial charge in [0.15, 0.2) is 0 Å². The Bertz CT molecular complexity index is 1140. The zero-order chi connectivity index (χ0) is 29.2. The molecule has 0 aliphatic carbocycles. The number of carbonyl (C=O) groups excluding carboxylic acids is 4. The Kier molecular flexibility index (Phi) is 8.80. The van der Waals surface area contributed by atoms with Crippen molar-refractivity contribution in [2.75, 3.05) is 20.3 Å². The highest BCUT2D eigenvalue weighted by atomic mass is 16.6. The van der Waals surface area contributed by atoms with Gasteiger partial charge >= 0.3 is 18.0 Å². The highest BCUT2D eigenvalue weighted by molar-refractivity contribution is 5.89. The summed E-state index contributed by atoms with van der Waals surface area (Å²) in [5, 5.41) is 0. The number of carbonyl (C=O) groups is 4. The molecule has 1 fully saturated rings. The monoisotopic (exact) mass is 556 g/mol. The van der Waals surface area contributed by atoms with Crippen LogP contribution in [0.15, 0.2) is 18.2 Å². The van der Waals surface area contributed by atoms with Crippen molar-refractivity contribution in [1.29, 1.82) is 0 Å². The fourth-order valence-electron chi connectivity index (χ4n) is 6.01. The molecule has 4 bridgehead atoms. The van der Waals surface area contributed by atoms with Crippen molar-refractivity contribution in [2.24, 2.45) is 16.7 Å². The maximum absolute atomic E-state index is 13.9. The number of ether oxygens (including phenoxy) is 3. The SMILES string of the molecule is COC(=O)[C@@H]1CC2CN1C(=O)[C@H](C(C)(C)C)CC(=O)OCC(C)(C)CCCCc1cccc3c1CN(C3)C(=O)O2. The Labute approximate surface area is 237 Å². The number of nitrogens with zero attached hydrogens (tertiary/aromatic N) is 2. The van der Waals surface area contributed by atoms with E-state index in [1.165, 1.54) is 23.1 Å². The summed E-state index contributed by atoms with van der Waals surface area (Å²) in [6, 6.07) is 5.32. The van der Waals surface area contributed by atoms with Gasteiger partial charge in [-0.05, 0) is 46.8 Å². The van der Waals surface area contributed by atoms with Gasteiger partial charge in [-0.1, -0.05) is 59.2 Å². The van der Waals surface area contributed by atoms with Crippen LogP contribution in [0, 0.1) is 16.7 Å². The van der Waals surface area contributed by atoms with Crippen LogP contribution in [0.25, 0.3) is 0 Å². The fourth-order valence-corrected chi connectivity index (χ4v) is 6.01. The number of benzene rings is 1. The van der Waals surface area contributed by atoms with Gasteiger partial charge in [0.25, 0.3) is 0 Å². The average molecular weight is 557 g/mol. The zero-order valence-corrected chi connectivity index (χ0v) is 24.8. The predicted octanol–water partition coefficient (Wildman–Crippen LogP) is 4.63. The molecule has 0 aromatic heterocycles. The first kappa shape index (κ1) is 29.9. The number of methoxy groups -OCH3 is 1. The van der Waals surface area contributed by atoms with Crippen LogP contribution in [0.4, 0.5) is 4.79 Å². The van der Waals surface area contributed by atoms with E-state index in [2.05, 4.69) is 26.0 Å². The van der Waals surface area contributed by atoms with Crippen LogP contribution in [0.3, 0.4) is 0 Å². The van der Waals surface area contributed by atoms with E-state index in [4.69, 9.17) is 14.2 Å². The van der Waals surface area contributed by atoms with Gasteiger partial charge in [0.05, 0.1) is 32.6 Å². The van der Waals surface area contributed by atoms with Crippen molar-refractivity contribution in [3.63, 3.8) is 0 Å². The fraction of sp³-hybridized carbons (Fsp3) is 0.677. The summed E-state index contributed by atoms with van der Waals surface area (Å²) in [6.45, 7) is 11.2. The molecule has 0 N–H and O–H groups in total. The lowest BCUT2D eigenvalue weighted by Gasteiger charge is -2.34. The van der Waals surface area contributed by atoms with Gasteiger partial charge in [-0.15, -0.1) is 0 Å². The Hall–Kier alpha value is -3.10. The average Bonchev–Trinajstić information content (AvgIpc) is 3.52. The molecule has 3 heterocycles. The van der Waals surface area contributed by atoms with Crippen LogP contribution >= 0.6 is 0 Å². The summed E-state index contributed by atoms with van der Waals surface area (Å²) in [5.41, 5.74) is 2.76. The van der Waals surface area contributed by atoms with Gasteiger partial charge in [0, 0.05) is 19.5 Å². The summed E-state index contributed by atoms with van der Waals surface area (Å²) in [5.74, 6) is -2.07. The highest BCUT2D eigenvalue weighted by Crippen LogP contribution is 2.35. The molecule has 4 rings (SSSR count). The maximum atomic E-state index is 13.9. The number of hydrogen-bond donors (Lipinski definition) is 0. The van der Waals surface area contributed by atoms with Crippen molar-refractivity contribution in [3.8, 4) is 0 Å². The number of amides is 2. The van der Waals surface area contributed by atoms with Crippen molar-refractivity contribution in [3.05, 3.63) is 34.9 Å². The summed E-state index contributed by atoms with van der Waals surface area (Å²) in [7, 11) is 1.27. The normalized spacial score (nSPS) is 26.2. The topological polar surface area (TPSA) is 102 Å². The van der Waals surface area contributed by atoms with Gasteiger partial charge in [-0.25, -0.2) is 9.59 Å². The first-order chi connectivity index (χ1) is 18.8. The van der Waals surface area contributed by atoms with E-state index in [-0.39, 0.29) is 37.3 Å². The quantitative estimate of drug-likeness (QED) is 0.367. The van der Waals surface area contributed by atoms with Crippen molar-refractivity contribution in [2.45, 2.75) is 98.4 Å². The predicted molar refractivity (Wildman–Crippen MR) is 148 cm³/mol. The number of rotatable bonds is 1. The van der Waals surface area contributed by atoms with Crippen molar-refractivity contribution in [1.82, 2.24) is 9.80 Å². The lowest BCUT2D eigenvalue weighted by Crippen LogP contribution is -2.47. The van der Waals surface area contributed by atoms with Gasteiger partial charge in [-0.3, -0.25) is 14.5 Å². The molecule has 0 radical (unpaired) electrons. The van der Waals surface area contributed by atoms with E-state index in [0.717, 1.165) is 31.2 Å². The van der Waals surface area contributed by atoms with E-state index in [9.17, 15) is 19.2 Å². The molecular formula is C31H44N2O7. The molecule has 220 valence electrons. The van der Waals surface area contributed by atoms with Crippen molar-refractivity contribution >= 4 is 23.9 Å². The minimum absolute atomic E-state index is 0.0606. The highest BCUT2D eigenvalue weighted by Gasteiger charge is 2.47. The molecule has 3 aliphatic rings. The molecule has 0 spiro atoms. The third kappa shape index (κ3) is 6.78. The molecule has 3 atom stereocenters. The van der Waals surface area contributed by atoms with E-state index in [1.54, 1.807) is 4.90 Å². The molecule has 1 unspecified atom stereocenters. The first-order valence-corrected chi connectivity index (χ1v) is 14.4. The lowest BCUT2D eigenvalue weighted by atomic mass is 9.77. The molecule has 1 saturated heterocycles. The standard InChI is InChI=1S/C31H44N2O7/c1-30(2,3)24-15-26(34)39-19-31(4,5)13-8-7-10-20-11-9-12-21-16-32(18-23(20)21)29(37)40-22-14-25(28(36)38-6)33(17-22)27(24)35/h9,11-12,22,24-25H,7-8,10,13-19H2,1-6H3/t22?,24-,25+/m1/s1. The number of cyclic esters (lactones) is 1. The second kappa shape index (κ2) is 11.8. The summed E-state index contributed by atoms with van der Waals surface area (Å²) >= 11 is 0.